The van der Waals surface area contributed by atoms with Gasteiger partial charge in [0, 0.05) is 16.2 Å². The third-order valence-corrected chi connectivity index (χ3v) is 6.46. The molecule has 2 aromatic rings. The monoisotopic (exact) mass is 428 g/mol. The summed E-state index contributed by atoms with van der Waals surface area (Å²) in [5, 5.41) is -1.19. The Morgan fingerprint density at radius 1 is 1.18 bits per heavy atom. The summed E-state index contributed by atoms with van der Waals surface area (Å²) in [6.45, 7) is 3.60. The fraction of sp³-hybridized carbons (Fsp3) is 0.381. The Morgan fingerprint density at radius 3 is 2.46 bits per heavy atom. The van der Waals surface area contributed by atoms with Crippen molar-refractivity contribution >= 4 is 28.9 Å². The quantitative estimate of drug-likeness (QED) is 0.502. The zero-order valence-corrected chi connectivity index (χ0v) is 17.0. The van der Waals surface area contributed by atoms with Crippen LogP contribution in [0.15, 0.2) is 53.6 Å². The average Bonchev–Trinajstić information content (AvgIpc) is 2.94. The van der Waals surface area contributed by atoms with Gasteiger partial charge in [-0.1, -0.05) is 61.9 Å². The number of carbonyl (C=O) groups is 1. The lowest BCUT2D eigenvalue weighted by Gasteiger charge is -2.04. The maximum absolute atomic E-state index is 12.6. The minimum absolute atomic E-state index is 0.119. The summed E-state index contributed by atoms with van der Waals surface area (Å²) < 4.78 is 43.3. The van der Waals surface area contributed by atoms with Gasteiger partial charge in [0.2, 0.25) is 0 Å². The van der Waals surface area contributed by atoms with Crippen LogP contribution < -0.4 is 0 Å². The Hall–Kier alpha value is -1.79. The lowest BCUT2D eigenvalue weighted by Crippen LogP contribution is -2.10. The molecule has 0 bridgehead atoms. The highest BCUT2D eigenvalue weighted by atomic mass is 35.5. The van der Waals surface area contributed by atoms with Crippen molar-refractivity contribution in [3.8, 4) is 0 Å². The molecule has 1 aromatic carbocycles. The van der Waals surface area contributed by atoms with Gasteiger partial charge in [-0.05, 0) is 29.0 Å². The molecule has 0 radical (unpaired) electrons. The number of rotatable bonds is 6. The van der Waals surface area contributed by atoms with E-state index in [-0.39, 0.29) is 6.61 Å². The van der Waals surface area contributed by atoms with E-state index in [0.29, 0.717) is 0 Å². The molecule has 1 aliphatic rings. The van der Waals surface area contributed by atoms with Gasteiger partial charge in [-0.3, -0.25) is 4.79 Å². The van der Waals surface area contributed by atoms with Crippen LogP contribution in [-0.4, -0.2) is 12.1 Å². The summed E-state index contributed by atoms with van der Waals surface area (Å²) in [6.07, 6.45) is -2.87. The summed E-state index contributed by atoms with van der Waals surface area (Å²) in [5.41, 5.74) is 0.597. The minimum atomic E-state index is -4.60. The molecular formula is C21H20ClF3O2S. The second-order valence-corrected chi connectivity index (χ2v) is 9.14. The molecule has 2 atom stereocenters. The first-order valence-corrected chi connectivity index (χ1v) is 10.0. The number of hydrogen-bond donors (Lipinski definition) is 0. The molecule has 1 aliphatic carbocycles. The van der Waals surface area contributed by atoms with Gasteiger partial charge in [0.25, 0.3) is 0 Å². The molecule has 2 nitrogen and oxygen atoms in total. The molecule has 0 N–H and O–H groups in total. The van der Waals surface area contributed by atoms with Gasteiger partial charge in [0.1, 0.15) is 11.6 Å². The van der Waals surface area contributed by atoms with Crippen molar-refractivity contribution in [1.82, 2.24) is 0 Å². The van der Waals surface area contributed by atoms with Crippen LogP contribution in [0.4, 0.5) is 13.2 Å². The summed E-state index contributed by atoms with van der Waals surface area (Å²) in [4.78, 5) is 14.4. The maximum Gasteiger partial charge on any atom is 0.426 e. The summed E-state index contributed by atoms with van der Waals surface area (Å²) >= 11 is 6.87. The number of alkyl halides is 3. The number of thiophene rings is 1. The van der Waals surface area contributed by atoms with Crippen molar-refractivity contribution in [3.05, 3.63) is 68.9 Å². The van der Waals surface area contributed by atoms with Crippen LogP contribution in [0, 0.1) is 17.3 Å². The van der Waals surface area contributed by atoms with E-state index in [1.807, 2.05) is 42.5 Å². The van der Waals surface area contributed by atoms with Crippen LogP contribution >= 0.6 is 22.9 Å². The molecule has 0 amide bonds. The first-order chi connectivity index (χ1) is 13.1. The molecule has 1 fully saturated rings. The average molecular weight is 429 g/mol. The van der Waals surface area contributed by atoms with Crippen LogP contribution in [0.5, 0.6) is 0 Å². The van der Waals surface area contributed by atoms with Crippen molar-refractivity contribution in [1.29, 1.82) is 0 Å². The topological polar surface area (TPSA) is 26.3 Å². The van der Waals surface area contributed by atoms with E-state index >= 15 is 0 Å². The Labute approximate surface area is 171 Å². The van der Waals surface area contributed by atoms with E-state index in [0.717, 1.165) is 22.3 Å². The molecule has 150 valence electrons. The van der Waals surface area contributed by atoms with E-state index in [2.05, 4.69) is 0 Å². The predicted octanol–water partition coefficient (Wildman–Crippen LogP) is 6.34. The van der Waals surface area contributed by atoms with Crippen molar-refractivity contribution in [2.75, 3.05) is 0 Å². The van der Waals surface area contributed by atoms with Crippen molar-refractivity contribution < 1.29 is 22.7 Å². The van der Waals surface area contributed by atoms with Crippen molar-refractivity contribution in [2.45, 2.75) is 33.1 Å². The second kappa shape index (κ2) is 7.91. The number of allylic oxidation sites excluding steroid dienone is 2. The van der Waals surface area contributed by atoms with Gasteiger partial charge < -0.3 is 4.74 Å². The smallest absolute Gasteiger partial charge is 0.426 e. The molecular weight excluding hydrogens is 409 g/mol. The normalized spacial score (nSPS) is 21.4. The molecule has 1 saturated carbocycles. The van der Waals surface area contributed by atoms with Crippen molar-refractivity contribution in [3.63, 3.8) is 0 Å². The van der Waals surface area contributed by atoms with E-state index < -0.39 is 34.4 Å². The summed E-state index contributed by atoms with van der Waals surface area (Å²) in [7, 11) is 0. The zero-order valence-electron chi connectivity index (χ0n) is 15.4. The van der Waals surface area contributed by atoms with Crippen LogP contribution in [0.1, 0.15) is 29.2 Å². The van der Waals surface area contributed by atoms with E-state index in [4.69, 9.17) is 16.3 Å². The molecule has 0 aliphatic heterocycles. The first-order valence-electron chi connectivity index (χ1n) is 8.81. The predicted molar refractivity (Wildman–Crippen MR) is 104 cm³/mol. The van der Waals surface area contributed by atoms with Gasteiger partial charge in [-0.2, -0.15) is 13.2 Å². The van der Waals surface area contributed by atoms with Gasteiger partial charge in [-0.15, -0.1) is 11.3 Å². The van der Waals surface area contributed by atoms with Gasteiger partial charge in [0.05, 0.1) is 5.92 Å². The fourth-order valence-electron chi connectivity index (χ4n) is 3.32. The number of ether oxygens (including phenoxy) is 1. The second-order valence-electron chi connectivity index (χ2n) is 7.48. The molecule has 3 rings (SSSR count). The molecule has 0 spiro atoms. The highest BCUT2D eigenvalue weighted by molar-refractivity contribution is 7.12. The van der Waals surface area contributed by atoms with Gasteiger partial charge in [0.15, 0.2) is 0 Å². The maximum atomic E-state index is 12.6. The summed E-state index contributed by atoms with van der Waals surface area (Å²) in [5.74, 6) is -1.69. The third-order valence-electron chi connectivity index (χ3n) is 5.06. The Bertz CT molecular complexity index is 871. The van der Waals surface area contributed by atoms with Gasteiger partial charge >= 0.3 is 12.1 Å². The van der Waals surface area contributed by atoms with Crippen LogP contribution in [0.2, 0.25) is 0 Å². The Balaban J connectivity index is 1.56. The largest absolute Gasteiger partial charge is 0.460 e. The standard InChI is InChI=1S/C21H20ClF3O2S/c1-20(2)16(11-17(22)21(23,24)25)18(20)19(26)27-12-15-9-8-14(28-15)10-13-6-4-3-5-7-13/h3-9,11,16,18H,10,12H2,1-2H3/b17-11+. The molecule has 7 heteroatoms. The lowest BCUT2D eigenvalue weighted by molar-refractivity contribution is -0.147. The summed E-state index contributed by atoms with van der Waals surface area (Å²) in [6, 6.07) is 13.9. The number of hydrogen-bond acceptors (Lipinski definition) is 3. The van der Waals surface area contributed by atoms with Gasteiger partial charge in [-0.25, -0.2) is 0 Å². The number of halogens is 4. The van der Waals surface area contributed by atoms with Crippen molar-refractivity contribution in [2.24, 2.45) is 17.3 Å². The molecule has 0 saturated heterocycles. The lowest BCUT2D eigenvalue weighted by atomic mass is 10.1. The number of benzene rings is 1. The fourth-order valence-corrected chi connectivity index (χ4v) is 4.42. The molecule has 28 heavy (non-hydrogen) atoms. The van der Waals surface area contributed by atoms with Crippen LogP contribution in [0.3, 0.4) is 0 Å². The molecule has 2 unspecified atom stereocenters. The Morgan fingerprint density at radius 2 is 1.82 bits per heavy atom. The van der Waals surface area contributed by atoms with E-state index in [1.54, 1.807) is 25.2 Å². The Kier molecular flexibility index (Phi) is 5.92. The highest BCUT2D eigenvalue weighted by Gasteiger charge is 2.62. The first kappa shape index (κ1) is 20.9. The number of esters is 1. The van der Waals surface area contributed by atoms with E-state index in [1.165, 1.54) is 5.56 Å². The zero-order chi connectivity index (χ0) is 20.5. The third kappa shape index (κ3) is 4.78. The van der Waals surface area contributed by atoms with Crippen LogP contribution in [-0.2, 0) is 22.6 Å². The molecule has 1 heterocycles. The number of carbonyl (C=O) groups excluding carboxylic acids is 1. The highest BCUT2D eigenvalue weighted by Crippen LogP contribution is 2.60. The minimum Gasteiger partial charge on any atom is -0.460 e. The molecule has 1 aromatic heterocycles. The van der Waals surface area contributed by atoms with E-state index in [9.17, 15) is 18.0 Å². The van der Waals surface area contributed by atoms with Crippen LogP contribution in [0.25, 0.3) is 0 Å². The SMILES string of the molecule is CC1(C)C(/C=C(/Cl)C(F)(F)F)C1C(=O)OCc1ccc(Cc2ccccc2)s1.